The molecule has 0 fully saturated rings. The first-order chi connectivity index (χ1) is 13.1. The number of hydrogen-bond donors (Lipinski definition) is 0. The number of carbonyl (C=O) groups excluding carboxylic acids is 2. The molecule has 0 aliphatic heterocycles. The molecule has 0 aliphatic rings. The second kappa shape index (κ2) is 8.49. The minimum atomic E-state index is -7.09. The highest BCUT2D eigenvalue weighted by Crippen LogP contribution is 2.54. The van der Waals surface area contributed by atoms with E-state index in [0.717, 1.165) is 19.2 Å². The van der Waals surface area contributed by atoms with Crippen LogP contribution in [-0.4, -0.2) is 49.6 Å². The molecule has 0 heterocycles. The lowest BCUT2D eigenvalue weighted by molar-refractivity contribution is -0.397. The van der Waals surface area contributed by atoms with Gasteiger partial charge in [0.15, 0.2) is 5.78 Å². The number of benzene rings is 1. The largest absolute Gasteiger partial charge is 0.508 e. The van der Waals surface area contributed by atoms with E-state index in [1.54, 1.807) is 0 Å². The third kappa shape index (κ3) is 5.12. The summed E-state index contributed by atoms with van der Waals surface area (Å²) in [5.74, 6) is -23.7. The number of alkyl halides is 9. The van der Waals surface area contributed by atoms with Crippen LogP contribution in [0, 0.1) is 5.92 Å². The van der Waals surface area contributed by atoms with Crippen LogP contribution < -0.4 is 0 Å². The van der Waals surface area contributed by atoms with Crippen LogP contribution in [0.4, 0.5) is 44.3 Å². The van der Waals surface area contributed by atoms with E-state index in [2.05, 4.69) is 9.47 Å². The predicted octanol–water partition coefficient (Wildman–Crippen LogP) is 5.13. The maximum Gasteiger partial charge on any atom is 0.508 e. The summed E-state index contributed by atoms with van der Waals surface area (Å²) in [6.07, 6.45) is -11.0. The third-order valence-corrected chi connectivity index (χ3v) is 3.71. The van der Waals surface area contributed by atoms with Crippen LogP contribution in [0.3, 0.4) is 0 Å². The zero-order valence-corrected chi connectivity index (χ0v) is 14.4. The molecular formula is C16H13F9O4. The lowest BCUT2D eigenvalue weighted by Crippen LogP contribution is -2.61. The predicted molar refractivity (Wildman–Crippen MR) is 78.1 cm³/mol. The number of methoxy groups -OCH3 is 1. The molecular weight excluding hydrogens is 427 g/mol. The molecule has 1 atom stereocenters. The van der Waals surface area contributed by atoms with Crippen molar-refractivity contribution in [2.45, 2.75) is 30.4 Å². The molecule has 1 unspecified atom stereocenters. The highest BCUT2D eigenvalue weighted by molar-refractivity contribution is 5.98. The molecule has 0 saturated heterocycles. The SMILES string of the molecule is COC(=O)OCC(CC(F)(F)C(F)(F)C(F)(F)C(F)(F)F)C(=O)c1ccccc1. The number of halogens is 9. The van der Waals surface area contributed by atoms with Crippen molar-refractivity contribution in [3.8, 4) is 0 Å². The summed E-state index contributed by atoms with van der Waals surface area (Å²) in [5.41, 5.74) is -0.354. The van der Waals surface area contributed by atoms with Crippen molar-refractivity contribution in [1.82, 2.24) is 0 Å². The molecule has 0 saturated carbocycles. The van der Waals surface area contributed by atoms with E-state index >= 15 is 0 Å². The fourth-order valence-electron chi connectivity index (χ4n) is 2.14. The lowest BCUT2D eigenvalue weighted by atomic mass is 9.88. The van der Waals surface area contributed by atoms with Crippen LogP contribution >= 0.6 is 0 Å². The van der Waals surface area contributed by atoms with Gasteiger partial charge in [-0.3, -0.25) is 4.79 Å². The van der Waals surface area contributed by atoms with Crippen molar-refractivity contribution in [2.75, 3.05) is 13.7 Å². The first kappa shape index (κ1) is 24.6. The van der Waals surface area contributed by atoms with Crippen molar-refractivity contribution < 1.29 is 58.6 Å². The summed E-state index contributed by atoms with van der Waals surface area (Å²) in [6, 6.07) is 5.98. The van der Waals surface area contributed by atoms with Gasteiger partial charge in [0.1, 0.15) is 6.61 Å². The molecule has 4 nitrogen and oxygen atoms in total. The van der Waals surface area contributed by atoms with Crippen LogP contribution in [-0.2, 0) is 9.47 Å². The van der Waals surface area contributed by atoms with E-state index in [4.69, 9.17) is 0 Å². The zero-order chi connectivity index (χ0) is 22.7. The van der Waals surface area contributed by atoms with Crippen molar-refractivity contribution in [1.29, 1.82) is 0 Å². The van der Waals surface area contributed by atoms with Gasteiger partial charge in [0.2, 0.25) is 0 Å². The van der Waals surface area contributed by atoms with E-state index in [0.29, 0.717) is 0 Å². The molecule has 0 radical (unpaired) electrons. The topological polar surface area (TPSA) is 52.6 Å². The highest BCUT2D eigenvalue weighted by Gasteiger charge is 2.81. The molecule has 1 aromatic rings. The molecule has 0 aromatic heterocycles. The molecule has 0 N–H and O–H groups in total. The Kier molecular flexibility index (Phi) is 7.19. The van der Waals surface area contributed by atoms with Gasteiger partial charge in [-0.1, -0.05) is 30.3 Å². The van der Waals surface area contributed by atoms with Crippen LogP contribution in [0.15, 0.2) is 30.3 Å². The number of ketones is 1. The maximum absolute atomic E-state index is 13.9. The molecule has 0 aliphatic carbocycles. The second-order valence-electron chi connectivity index (χ2n) is 5.75. The standard InChI is InChI=1S/C16H13F9O4/c1-28-12(27)29-8-10(11(26)9-5-3-2-4-6-9)7-13(17,18)14(19,20)15(21,22)16(23,24)25/h2-6,10H,7-8H2,1H3. The van der Waals surface area contributed by atoms with Gasteiger partial charge in [-0.05, 0) is 0 Å². The summed E-state index contributed by atoms with van der Waals surface area (Å²) < 4.78 is 126. The van der Waals surface area contributed by atoms with E-state index in [1.807, 2.05) is 0 Å². The maximum atomic E-state index is 13.9. The van der Waals surface area contributed by atoms with Gasteiger partial charge in [0.05, 0.1) is 13.0 Å². The third-order valence-electron chi connectivity index (χ3n) is 3.71. The first-order valence-corrected chi connectivity index (χ1v) is 7.58. The van der Waals surface area contributed by atoms with E-state index in [1.165, 1.54) is 18.2 Å². The molecule has 29 heavy (non-hydrogen) atoms. The van der Waals surface area contributed by atoms with Gasteiger partial charge in [-0.15, -0.1) is 0 Å². The Labute approximate surface area is 157 Å². The van der Waals surface area contributed by atoms with Gasteiger partial charge in [0.25, 0.3) is 0 Å². The zero-order valence-electron chi connectivity index (χ0n) is 14.4. The number of Topliss-reactive ketones (excluding diaryl/α,β-unsaturated/α-hetero) is 1. The van der Waals surface area contributed by atoms with Gasteiger partial charge in [-0.2, -0.15) is 39.5 Å². The van der Waals surface area contributed by atoms with E-state index in [9.17, 15) is 49.1 Å². The Morgan fingerprint density at radius 1 is 0.897 bits per heavy atom. The normalized spacial score (nSPS) is 14.3. The Morgan fingerprint density at radius 3 is 1.86 bits per heavy atom. The molecule has 1 rings (SSSR count). The van der Waals surface area contributed by atoms with E-state index < -0.39 is 54.8 Å². The van der Waals surface area contributed by atoms with Gasteiger partial charge < -0.3 is 9.47 Å². The van der Waals surface area contributed by atoms with Crippen LogP contribution in [0.5, 0.6) is 0 Å². The monoisotopic (exact) mass is 440 g/mol. The van der Waals surface area contributed by atoms with Crippen molar-refractivity contribution in [3.63, 3.8) is 0 Å². The smallest absolute Gasteiger partial charge is 0.438 e. The summed E-state index contributed by atoms with van der Waals surface area (Å²) in [6.45, 7) is -1.33. The Bertz CT molecular complexity index is 717. The average Bonchev–Trinajstić information content (AvgIpc) is 2.63. The van der Waals surface area contributed by atoms with Crippen molar-refractivity contribution in [2.24, 2.45) is 5.92 Å². The molecule has 1 aromatic carbocycles. The summed E-state index contributed by atoms with van der Waals surface area (Å²) in [7, 11) is 0.781. The van der Waals surface area contributed by atoms with Gasteiger partial charge in [-0.25, -0.2) is 4.79 Å². The van der Waals surface area contributed by atoms with Crippen molar-refractivity contribution >= 4 is 11.9 Å². The number of rotatable bonds is 8. The van der Waals surface area contributed by atoms with Gasteiger partial charge in [0, 0.05) is 12.0 Å². The van der Waals surface area contributed by atoms with Gasteiger partial charge >= 0.3 is 30.1 Å². The minimum Gasteiger partial charge on any atom is -0.438 e. The Balaban J connectivity index is 3.25. The summed E-state index contributed by atoms with van der Waals surface area (Å²) in [5, 5.41) is 0. The highest BCUT2D eigenvalue weighted by atomic mass is 19.4. The number of carbonyl (C=O) groups is 2. The van der Waals surface area contributed by atoms with E-state index in [-0.39, 0.29) is 5.56 Å². The lowest BCUT2D eigenvalue weighted by Gasteiger charge is -2.34. The van der Waals surface area contributed by atoms with Crippen LogP contribution in [0.1, 0.15) is 16.8 Å². The fraction of sp³-hybridized carbons (Fsp3) is 0.500. The minimum absolute atomic E-state index is 0.354. The average molecular weight is 440 g/mol. The van der Waals surface area contributed by atoms with Crippen molar-refractivity contribution in [3.05, 3.63) is 35.9 Å². The first-order valence-electron chi connectivity index (χ1n) is 7.58. The summed E-state index contributed by atoms with van der Waals surface area (Å²) >= 11 is 0. The molecule has 0 spiro atoms. The van der Waals surface area contributed by atoms with Crippen LogP contribution in [0.25, 0.3) is 0 Å². The Morgan fingerprint density at radius 2 is 1.41 bits per heavy atom. The summed E-state index contributed by atoms with van der Waals surface area (Å²) in [4.78, 5) is 23.2. The molecule has 0 bridgehead atoms. The molecule has 164 valence electrons. The fourth-order valence-corrected chi connectivity index (χ4v) is 2.14. The molecule has 13 heteroatoms. The molecule has 0 amide bonds. The number of hydrogen-bond acceptors (Lipinski definition) is 4. The Hall–Kier alpha value is -2.47. The number of ether oxygens (including phenoxy) is 2. The quantitative estimate of drug-likeness (QED) is 0.320. The second-order valence-corrected chi connectivity index (χ2v) is 5.75. The van der Waals surface area contributed by atoms with Crippen LogP contribution in [0.2, 0.25) is 0 Å².